The van der Waals surface area contributed by atoms with Crippen molar-refractivity contribution in [3.8, 4) is 0 Å². The van der Waals surface area contributed by atoms with Crippen LogP contribution >= 0.6 is 15.9 Å². The van der Waals surface area contributed by atoms with Gasteiger partial charge in [0.05, 0.1) is 24.3 Å². The SMILES string of the molecule is O=C1Cn2cncc2[C@H](c2ccc(Br)cc2)N1CCc1ccc(F)cc1. The molecule has 4 rings (SSSR count). The molecule has 1 aliphatic heterocycles. The predicted molar refractivity (Wildman–Crippen MR) is 100 cm³/mol. The van der Waals surface area contributed by atoms with Crippen LogP contribution < -0.4 is 0 Å². The molecule has 0 fully saturated rings. The zero-order valence-corrected chi connectivity index (χ0v) is 15.6. The molecule has 1 atom stereocenters. The van der Waals surface area contributed by atoms with Gasteiger partial charge in [0.1, 0.15) is 12.4 Å². The number of benzene rings is 2. The maximum absolute atomic E-state index is 13.1. The first-order chi connectivity index (χ1) is 12.6. The highest BCUT2D eigenvalue weighted by Crippen LogP contribution is 2.33. The molecule has 0 unspecified atom stereocenters. The van der Waals surface area contributed by atoms with E-state index in [1.165, 1.54) is 12.1 Å². The van der Waals surface area contributed by atoms with Gasteiger partial charge in [0.2, 0.25) is 5.91 Å². The van der Waals surface area contributed by atoms with Gasteiger partial charge in [-0.15, -0.1) is 0 Å². The van der Waals surface area contributed by atoms with E-state index < -0.39 is 0 Å². The summed E-state index contributed by atoms with van der Waals surface area (Å²) in [6, 6.07) is 14.3. The average molecular weight is 414 g/mol. The molecule has 4 nitrogen and oxygen atoms in total. The second kappa shape index (κ2) is 7.03. The molecule has 132 valence electrons. The Bertz CT molecular complexity index is 921. The van der Waals surface area contributed by atoms with Gasteiger partial charge in [-0.25, -0.2) is 9.37 Å². The Morgan fingerprint density at radius 1 is 1.12 bits per heavy atom. The molecule has 0 bridgehead atoms. The number of aromatic nitrogens is 2. The molecule has 3 aromatic rings. The maximum atomic E-state index is 13.1. The number of halogens is 2. The van der Waals surface area contributed by atoms with Gasteiger partial charge in [0.15, 0.2) is 0 Å². The van der Waals surface area contributed by atoms with Crippen molar-refractivity contribution >= 4 is 21.8 Å². The van der Waals surface area contributed by atoms with Gasteiger partial charge in [0.25, 0.3) is 0 Å². The average Bonchev–Trinajstić information content (AvgIpc) is 3.09. The van der Waals surface area contributed by atoms with E-state index >= 15 is 0 Å². The van der Waals surface area contributed by atoms with Gasteiger partial charge in [-0.2, -0.15) is 0 Å². The monoisotopic (exact) mass is 413 g/mol. The molecule has 0 saturated carbocycles. The third-order valence-electron chi connectivity index (χ3n) is 4.70. The quantitative estimate of drug-likeness (QED) is 0.649. The van der Waals surface area contributed by atoms with Gasteiger partial charge in [0, 0.05) is 11.0 Å². The minimum atomic E-state index is -0.251. The van der Waals surface area contributed by atoms with Crippen LogP contribution in [0.5, 0.6) is 0 Å². The highest BCUT2D eigenvalue weighted by molar-refractivity contribution is 9.10. The van der Waals surface area contributed by atoms with E-state index in [1.54, 1.807) is 18.5 Å². The number of rotatable bonds is 4. The summed E-state index contributed by atoms with van der Waals surface area (Å²) in [5.74, 6) is -0.190. The fraction of sp³-hybridized carbons (Fsp3) is 0.200. The summed E-state index contributed by atoms with van der Waals surface area (Å²) >= 11 is 3.46. The highest BCUT2D eigenvalue weighted by atomic mass is 79.9. The number of nitrogens with zero attached hydrogens (tertiary/aromatic N) is 3. The van der Waals surface area contributed by atoms with Crippen molar-refractivity contribution in [3.05, 3.63) is 88.2 Å². The summed E-state index contributed by atoms with van der Waals surface area (Å²) in [6.45, 7) is 0.863. The summed E-state index contributed by atoms with van der Waals surface area (Å²) in [6.07, 6.45) is 4.20. The van der Waals surface area contributed by atoms with E-state index in [0.717, 1.165) is 21.3 Å². The lowest BCUT2D eigenvalue weighted by Crippen LogP contribution is -2.44. The lowest BCUT2D eigenvalue weighted by atomic mass is 9.99. The smallest absolute Gasteiger partial charge is 0.243 e. The number of carbonyl (C=O) groups is 1. The topological polar surface area (TPSA) is 38.1 Å². The summed E-state index contributed by atoms with van der Waals surface area (Å²) < 4.78 is 16.0. The molecule has 1 aliphatic rings. The minimum Gasteiger partial charge on any atom is -0.328 e. The molecule has 2 heterocycles. The first-order valence-electron chi connectivity index (χ1n) is 8.41. The zero-order valence-electron chi connectivity index (χ0n) is 14.0. The predicted octanol–water partition coefficient (Wildman–Crippen LogP) is 3.96. The van der Waals surface area contributed by atoms with Crippen LogP contribution in [0.1, 0.15) is 22.9 Å². The van der Waals surface area contributed by atoms with E-state index in [2.05, 4.69) is 20.9 Å². The van der Waals surface area contributed by atoms with Crippen molar-refractivity contribution in [1.29, 1.82) is 0 Å². The lowest BCUT2D eigenvalue weighted by Gasteiger charge is -2.36. The molecule has 1 aromatic heterocycles. The summed E-state index contributed by atoms with van der Waals surface area (Å²) in [4.78, 5) is 18.9. The van der Waals surface area contributed by atoms with Crippen LogP contribution in [0.3, 0.4) is 0 Å². The van der Waals surface area contributed by atoms with E-state index in [-0.39, 0.29) is 17.8 Å². The Balaban J connectivity index is 1.65. The van der Waals surface area contributed by atoms with E-state index in [9.17, 15) is 9.18 Å². The van der Waals surface area contributed by atoms with Crippen LogP contribution in [0.15, 0.2) is 65.5 Å². The zero-order chi connectivity index (χ0) is 18.1. The molecule has 0 N–H and O–H groups in total. The third kappa shape index (κ3) is 3.29. The molecule has 1 amide bonds. The summed E-state index contributed by atoms with van der Waals surface area (Å²) in [5.41, 5.74) is 3.06. The second-order valence-electron chi connectivity index (χ2n) is 6.36. The minimum absolute atomic E-state index is 0.0607. The molecule has 0 spiro atoms. The summed E-state index contributed by atoms with van der Waals surface area (Å²) in [7, 11) is 0. The van der Waals surface area contributed by atoms with Gasteiger partial charge in [-0.1, -0.05) is 40.2 Å². The van der Waals surface area contributed by atoms with Gasteiger partial charge in [-0.3, -0.25) is 4.79 Å². The van der Waals surface area contributed by atoms with Crippen LogP contribution in [0.4, 0.5) is 4.39 Å². The summed E-state index contributed by atoms with van der Waals surface area (Å²) in [5, 5.41) is 0. The Morgan fingerprint density at radius 3 is 2.58 bits per heavy atom. The Hall–Kier alpha value is -2.47. The van der Waals surface area contributed by atoms with Crippen molar-refractivity contribution in [2.24, 2.45) is 0 Å². The van der Waals surface area contributed by atoms with Crippen molar-refractivity contribution in [1.82, 2.24) is 14.5 Å². The van der Waals surface area contributed by atoms with Crippen LogP contribution in [0, 0.1) is 5.82 Å². The van der Waals surface area contributed by atoms with Gasteiger partial charge in [-0.05, 0) is 41.8 Å². The van der Waals surface area contributed by atoms with E-state index in [4.69, 9.17) is 0 Å². The molecule has 2 aromatic carbocycles. The van der Waals surface area contributed by atoms with Crippen LogP contribution in [-0.2, 0) is 17.8 Å². The normalized spacial score (nSPS) is 16.6. The lowest BCUT2D eigenvalue weighted by molar-refractivity contribution is -0.135. The van der Waals surface area contributed by atoms with Crippen LogP contribution in [0.25, 0.3) is 0 Å². The first-order valence-corrected chi connectivity index (χ1v) is 9.20. The van der Waals surface area contributed by atoms with E-state index in [1.807, 2.05) is 39.9 Å². The number of hydrogen-bond acceptors (Lipinski definition) is 2. The number of fused-ring (bicyclic) bond motifs is 1. The Labute approximate surface area is 159 Å². The number of hydrogen-bond donors (Lipinski definition) is 0. The molecule has 0 radical (unpaired) electrons. The van der Waals surface area contributed by atoms with Gasteiger partial charge < -0.3 is 9.47 Å². The van der Waals surface area contributed by atoms with E-state index in [0.29, 0.717) is 19.5 Å². The Morgan fingerprint density at radius 2 is 1.85 bits per heavy atom. The largest absolute Gasteiger partial charge is 0.328 e. The van der Waals surface area contributed by atoms with Crippen molar-refractivity contribution < 1.29 is 9.18 Å². The number of imidazole rings is 1. The molecule has 0 aliphatic carbocycles. The van der Waals surface area contributed by atoms with Crippen molar-refractivity contribution in [3.63, 3.8) is 0 Å². The molecule has 26 heavy (non-hydrogen) atoms. The van der Waals surface area contributed by atoms with Gasteiger partial charge >= 0.3 is 0 Å². The third-order valence-corrected chi connectivity index (χ3v) is 5.23. The second-order valence-corrected chi connectivity index (χ2v) is 7.28. The van der Waals surface area contributed by atoms with Crippen molar-refractivity contribution in [2.75, 3.05) is 6.54 Å². The standard InChI is InChI=1S/C20H17BrFN3O/c21-16-5-3-15(4-6-16)20-18-11-23-13-24(18)12-19(26)25(20)10-9-14-1-7-17(22)8-2-14/h1-8,11,13,20H,9-10,12H2/t20-/m0/s1. The molecule has 0 saturated heterocycles. The van der Waals surface area contributed by atoms with Crippen molar-refractivity contribution in [2.45, 2.75) is 19.0 Å². The Kier molecular flexibility index (Phi) is 4.59. The number of carbonyl (C=O) groups excluding carboxylic acids is 1. The van der Waals surface area contributed by atoms with Crippen LogP contribution in [0.2, 0.25) is 0 Å². The highest BCUT2D eigenvalue weighted by Gasteiger charge is 2.33. The maximum Gasteiger partial charge on any atom is 0.243 e. The first kappa shape index (κ1) is 17.0. The fourth-order valence-electron chi connectivity index (χ4n) is 3.38. The molecule has 6 heteroatoms. The van der Waals surface area contributed by atoms with Crippen LogP contribution in [-0.4, -0.2) is 26.9 Å². The number of amides is 1. The molecular formula is C20H17BrFN3O. The fourth-order valence-corrected chi connectivity index (χ4v) is 3.65. The molecular weight excluding hydrogens is 397 g/mol.